The highest BCUT2D eigenvalue weighted by atomic mass is 19.1. The number of aromatic nitrogens is 6. The number of fused-ring (bicyclic) bond motifs is 1. The molecule has 0 spiro atoms. The fraction of sp³-hybridized carbons (Fsp3) is 0.250. The van der Waals surface area contributed by atoms with E-state index in [1.165, 1.54) is 10.6 Å². The molecule has 1 aliphatic rings. The first-order valence-corrected chi connectivity index (χ1v) is 9.78. The molecular weight excluding hydrogens is 403 g/mol. The van der Waals surface area contributed by atoms with Crippen LogP contribution in [-0.4, -0.2) is 40.7 Å². The summed E-state index contributed by atoms with van der Waals surface area (Å²) in [6.45, 7) is 2.04. The van der Waals surface area contributed by atoms with Crippen LogP contribution in [-0.2, 0) is 6.54 Å². The van der Waals surface area contributed by atoms with Crippen LogP contribution in [0.2, 0.25) is 0 Å². The second kappa shape index (κ2) is 7.35. The van der Waals surface area contributed by atoms with Crippen molar-refractivity contribution < 1.29 is 9.50 Å². The summed E-state index contributed by atoms with van der Waals surface area (Å²) in [4.78, 5) is 29.8. The van der Waals surface area contributed by atoms with Gasteiger partial charge in [-0.3, -0.25) is 4.98 Å². The third kappa shape index (κ3) is 3.89. The van der Waals surface area contributed by atoms with Gasteiger partial charge in [-0.15, -0.1) is 0 Å². The number of halogens is 1. The largest absolute Gasteiger partial charge is 0.493 e. The number of nitrogens with zero attached hydrogens (tertiary/aromatic N) is 5. The molecule has 0 unspecified atom stereocenters. The van der Waals surface area contributed by atoms with Gasteiger partial charge in [0.15, 0.2) is 5.65 Å². The first-order valence-electron chi connectivity index (χ1n) is 9.78. The van der Waals surface area contributed by atoms with Crippen LogP contribution >= 0.6 is 0 Å². The first-order chi connectivity index (χ1) is 15.0. The van der Waals surface area contributed by atoms with Crippen LogP contribution < -0.4 is 21.8 Å². The van der Waals surface area contributed by atoms with E-state index in [1.807, 2.05) is 6.07 Å². The van der Waals surface area contributed by atoms with E-state index in [9.17, 15) is 14.3 Å². The van der Waals surface area contributed by atoms with Crippen molar-refractivity contribution in [2.45, 2.75) is 32.4 Å². The van der Waals surface area contributed by atoms with E-state index in [0.29, 0.717) is 34.5 Å². The summed E-state index contributed by atoms with van der Waals surface area (Å²) < 4.78 is 15.4. The van der Waals surface area contributed by atoms with Crippen LogP contribution in [0.1, 0.15) is 29.7 Å². The molecule has 1 aliphatic carbocycles. The highest BCUT2D eigenvalue weighted by Crippen LogP contribution is 2.22. The van der Waals surface area contributed by atoms with Gasteiger partial charge in [0.25, 0.3) is 5.62 Å². The van der Waals surface area contributed by atoms with E-state index < -0.39 is 5.69 Å². The average molecular weight is 422 g/mol. The third-order valence-electron chi connectivity index (χ3n) is 4.95. The highest BCUT2D eigenvalue weighted by molar-refractivity contribution is 5.57. The number of nitrogens with one attached hydrogen (secondary N) is 3. The SMILES string of the molecule is Cc1ccc(CNc2nc(=NC3CC3)n3nc/c(=C\c4[nH]c(=O)[nH]c4O)c3n2)cc1F. The predicted octanol–water partition coefficient (Wildman–Crippen LogP) is 0.517. The molecule has 0 aliphatic heterocycles. The summed E-state index contributed by atoms with van der Waals surface area (Å²) in [5.41, 5.74) is 1.88. The van der Waals surface area contributed by atoms with Crippen LogP contribution in [0, 0.1) is 12.7 Å². The summed E-state index contributed by atoms with van der Waals surface area (Å²) in [6, 6.07) is 5.24. The Morgan fingerprint density at radius 1 is 1.35 bits per heavy atom. The van der Waals surface area contributed by atoms with Crippen molar-refractivity contribution in [1.29, 1.82) is 0 Å². The van der Waals surface area contributed by atoms with Gasteiger partial charge < -0.3 is 15.4 Å². The van der Waals surface area contributed by atoms with Crippen LogP contribution in [0.25, 0.3) is 11.7 Å². The summed E-state index contributed by atoms with van der Waals surface area (Å²) in [6.07, 6.45) is 5.10. The zero-order valence-corrected chi connectivity index (χ0v) is 16.6. The van der Waals surface area contributed by atoms with Crippen molar-refractivity contribution in [2.75, 3.05) is 5.32 Å². The molecule has 3 heterocycles. The van der Waals surface area contributed by atoms with E-state index in [2.05, 4.69) is 35.3 Å². The molecule has 11 heteroatoms. The Morgan fingerprint density at radius 2 is 2.19 bits per heavy atom. The lowest BCUT2D eigenvalue weighted by molar-refractivity contribution is 0.454. The second-order valence-corrected chi connectivity index (χ2v) is 7.47. The zero-order chi connectivity index (χ0) is 21.5. The van der Waals surface area contributed by atoms with Crippen molar-refractivity contribution in [3.63, 3.8) is 0 Å². The Morgan fingerprint density at radius 3 is 2.90 bits per heavy atom. The Kier molecular flexibility index (Phi) is 4.50. The van der Waals surface area contributed by atoms with Crippen LogP contribution in [0.15, 0.2) is 34.2 Å². The lowest BCUT2D eigenvalue weighted by Gasteiger charge is -2.06. The maximum Gasteiger partial charge on any atom is 0.326 e. The van der Waals surface area contributed by atoms with Crippen molar-refractivity contribution in [1.82, 2.24) is 29.5 Å². The molecule has 0 saturated heterocycles. The van der Waals surface area contributed by atoms with Gasteiger partial charge in [0.05, 0.1) is 12.2 Å². The first kappa shape index (κ1) is 19.0. The molecule has 1 aromatic carbocycles. The molecule has 4 N–H and O–H groups in total. The molecule has 5 rings (SSSR count). The minimum atomic E-state index is -0.521. The van der Waals surface area contributed by atoms with Gasteiger partial charge >= 0.3 is 5.69 Å². The van der Waals surface area contributed by atoms with Gasteiger partial charge in [0.1, 0.15) is 11.5 Å². The third-order valence-corrected chi connectivity index (χ3v) is 4.95. The maximum absolute atomic E-state index is 13.8. The van der Waals surface area contributed by atoms with Crippen molar-refractivity contribution >= 4 is 17.7 Å². The lowest BCUT2D eigenvalue weighted by Crippen LogP contribution is -2.24. The second-order valence-electron chi connectivity index (χ2n) is 7.47. The van der Waals surface area contributed by atoms with Gasteiger partial charge in [-0.1, -0.05) is 12.1 Å². The van der Waals surface area contributed by atoms with E-state index in [-0.39, 0.29) is 23.4 Å². The summed E-state index contributed by atoms with van der Waals surface area (Å²) in [5.74, 6) is -0.232. The van der Waals surface area contributed by atoms with Gasteiger partial charge in [0, 0.05) is 11.8 Å². The molecule has 0 atom stereocenters. The molecule has 3 aromatic heterocycles. The minimum Gasteiger partial charge on any atom is -0.493 e. The van der Waals surface area contributed by atoms with Crippen LogP contribution in [0.5, 0.6) is 5.88 Å². The normalized spacial score (nSPS) is 15.2. The van der Waals surface area contributed by atoms with Crippen LogP contribution in [0.4, 0.5) is 10.3 Å². The molecule has 0 bridgehead atoms. The topological polar surface area (TPSA) is 136 Å². The minimum absolute atomic E-state index is 0.207. The predicted molar refractivity (Wildman–Crippen MR) is 110 cm³/mol. The van der Waals surface area contributed by atoms with Crippen molar-refractivity contribution in [3.05, 3.63) is 68.4 Å². The number of hydrogen-bond acceptors (Lipinski definition) is 7. The molecule has 31 heavy (non-hydrogen) atoms. The summed E-state index contributed by atoms with van der Waals surface area (Å²) in [7, 11) is 0. The highest BCUT2D eigenvalue weighted by Gasteiger charge is 2.21. The zero-order valence-electron chi connectivity index (χ0n) is 16.6. The smallest absolute Gasteiger partial charge is 0.326 e. The van der Waals surface area contributed by atoms with Crippen LogP contribution in [0.3, 0.4) is 0 Å². The van der Waals surface area contributed by atoms with E-state index >= 15 is 0 Å². The van der Waals surface area contributed by atoms with Gasteiger partial charge in [-0.05, 0) is 43.0 Å². The number of rotatable bonds is 5. The molecule has 158 valence electrons. The molecule has 10 nitrogen and oxygen atoms in total. The Bertz CT molecular complexity index is 1460. The average Bonchev–Trinajstić information content (AvgIpc) is 3.37. The van der Waals surface area contributed by atoms with E-state index in [1.54, 1.807) is 25.3 Å². The Hall–Kier alpha value is -4.02. The number of benzene rings is 1. The number of imidazole rings is 1. The standard InChI is InChI=1S/C20H19FN8O2/c1-10-2-3-11(6-14(10)21)8-22-18-26-16-12(7-15-17(30)27-20(31)25-15)9-23-29(16)19(28-18)24-13-4-5-13/h2-3,6-7,9,13,30H,4-5,8H2,1H3,(H,22,24,28)(H2,25,27,31)/b12-7+. The van der Waals surface area contributed by atoms with Crippen molar-refractivity contribution in [2.24, 2.45) is 4.99 Å². The van der Waals surface area contributed by atoms with E-state index in [0.717, 1.165) is 18.4 Å². The summed E-state index contributed by atoms with van der Waals surface area (Å²) in [5, 5.41) is 17.8. The monoisotopic (exact) mass is 422 g/mol. The van der Waals surface area contributed by atoms with Gasteiger partial charge in [0.2, 0.25) is 11.8 Å². The maximum atomic E-state index is 13.8. The number of hydrogen-bond donors (Lipinski definition) is 4. The lowest BCUT2D eigenvalue weighted by atomic mass is 10.1. The van der Waals surface area contributed by atoms with Gasteiger partial charge in [-0.2, -0.15) is 19.6 Å². The molecule has 4 aromatic rings. The molecule has 1 fully saturated rings. The molecule has 0 amide bonds. The fourth-order valence-electron chi connectivity index (χ4n) is 3.09. The molecule has 1 saturated carbocycles. The van der Waals surface area contributed by atoms with Crippen molar-refractivity contribution in [3.8, 4) is 5.88 Å². The number of aromatic amines is 2. The van der Waals surface area contributed by atoms with E-state index in [4.69, 9.17) is 0 Å². The number of anilines is 1. The number of aromatic hydroxyl groups is 1. The van der Waals surface area contributed by atoms with Gasteiger partial charge in [-0.25, -0.2) is 14.2 Å². The summed E-state index contributed by atoms with van der Waals surface area (Å²) >= 11 is 0. The Labute approximate surface area is 174 Å². The fourth-order valence-corrected chi connectivity index (χ4v) is 3.09. The quantitative estimate of drug-likeness (QED) is 0.370. The Balaban J connectivity index is 1.57. The molecular formula is C20H19FN8O2. The number of aryl methyl sites for hydroxylation is 1. The number of H-pyrrole nitrogens is 2. The molecule has 0 radical (unpaired) electrons.